The summed E-state index contributed by atoms with van der Waals surface area (Å²) in [6, 6.07) is 7.20. The minimum atomic E-state index is 0.399. The maximum Gasteiger partial charge on any atom is 0.0320 e. The number of halogens is 1. The summed E-state index contributed by atoms with van der Waals surface area (Å²) in [6.07, 6.45) is 3.62. The van der Waals surface area contributed by atoms with Gasteiger partial charge in [0.05, 0.1) is 0 Å². The van der Waals surface area contributed by atoms with Gasteiger partial charge in [-0.15, -0.1) is 0 Å². The van der Waals surface area contributed by atoms with Crippen LogP contribution in [0.1, 0.15) is 64.1 Å². The molecule has 0 amide bonds. The van der Waals surface area contributed by atoms with E-state index in [2.05, 4.69) is 74.1 Å². The highest BCUT2D eigenvalue weighted by molar-refractivity contribution is 9.10. The van der Waals surface area contributed by atoms with Gasteiger partial charge in [-0.3, -0.25) is 0 Å². The monoisotopic (exact) mass is 325 g/mol. The van der Waals surface area contributed by atoms with Gasteiger partial charge < -0.3 is 5.32 Å². The number of benzene rings is 1. The molecule has 1 nitrogen and oxygen atoms in total. The molecule has 1 aromatic rings. The molecule has 0 saturated carbocycles. The van der Waals surface area contributed by atoms with Crippen LogP contribution in [0, 0.1) is 12.3 Å². The number of aryl methyl sites for hydroxylation is 1. The summed E-state index contributed by atoms with van der Waals surface area (Å²) in [7, 11) is 0. The van der Waals surface area contributed by atoms with Crippen molar-refractivity contribution in [2.75, 3.05) is 6.54 Å². The molecular formula is C17H28BrN. The van der Waals surface area contributed by atoms with Crippen molar-refractivity contribution < 1.29 is 0 Å². The molecule has 0 radical (unpaired) electrons. The Labute approximate surface area is 127 Å². The highest BCUT2D eigenvalue weighted by Crippen LogP contribution is 2.29. The summed E-state index contributed by atoms with van der Waals surface area (Å²) in [5, 5.41) is 3.69. The fourth-order valence-electron chi connectivity index (χ4n) is 2.17. The number of hydrogen-bond donors (Lipinski definition) is 1. The molecule has 0 aliphatic heterocycles. The van der Waals surface area contributed by atoms with Crippen molar-refractivity contribution in [2.24, 2.45) is 5.41 Å². The Morgan fingerprint density at radius 2 is 1.95 bits per heavy atom. The minimum absolute atomic E-state index is 0.399. The Morgan fingerprint density at radius 3 is 2.47 bits per heavy atom. The van der Waals surface area contributed by atoms with E-state index in [4.69, 9.17) is 0 Å². The van der Waals surface area contributed by atoms with Gasteiger partial charge >= 0.3 is 0 Å². The van der Waals surface area contributed by atoms with E-state index in [-0.39, 0.29) is 0 Å². The molecule has 1 atom stereocenters. The van der Waals surface area contributed by atoms with Crippen LogP contribution in [0.5, 0.6) is 0 Å². The molecule has 1 rings (SSSR count). The van der Waals surface area contributed by atoms with Crippen LogP contribution >= 0.6 is 15.9 Å². The van der Waals surface area contributed by atoms with Crippen LogP contribution < -0.4 is 5.32 Å². The molecule has 0 heterocycles. The molecule has 1 N–H and O–H groups in total. The van der Waals surface area contributed by atoms with Crippen molar-refractivity contribution in [1.82, 2.24) is 5.32 Å². The predicted molar refractivity (Wildman–Crippen MR) is 88.6 cm³/mol. The third-order valence-corrected chi connectivity index (χ3v) is 4.30. The van der Waals surface area contributed by atoms with Gasteiger partial charge in [-0.05, 0) is 55.3 Å². The van der Waals surface area contributed by atoms with Gasteiger partial charge in [-0.2, -0.15) is 0 Å². The van der Waals surface area contributed by atoms with Crippen LogP contribution in [0.4, 0.5) is 0 Å². The number of nitrogens with one attached hydrogen (secondary N) is 1. The van der Waals surface area contributed by atoms with Crippen molar-refractivity contribution >= 4 is 15.9 Å². The molecule has 0 spiro atoms. The zero-order chi connectivity index (χ0) is 14.5. The molecule has 108 valence electrons. The standard InChI is InChI=1S/C17H28BrN/c1-6-11-19-16(9-10-17(3,4)5)14-7-8-15(18)13(2)12-14/h7-8,12,16,19H,6,9-11H2,1-5H3. The van der Waals surface area contributed by atoms with Crippen molar-refractivity contribution in [3.8, 4) is 0 Å². The fraction of sp³-hybridized carbons (Fsp3) is 0.647. The smallest absolute Gasteiger partial charge is 0.0320 e. The van der Waals surface area contributed by atoms with Crippen molar-refractivity contribution in [2.45, 2.75) is 59.9 Å². The van der Waals surface area contributed by atoms with Crippen LogP contribution in [-0.4, -0.2) is 6.54 Å². The lowest BCUT2D eigenvalue weighted by molar-refractivity contribution is 0.332. The van der Waals surface area contributed by atoms with E-state index in [1.54, 1.807) is 0 Å². The van der Waals surface area contributed by atoms with E-state index in [9.17, 15) is 0 Å². The second-order valence-electron chi connectivity index (χ2n) is 6.61. The van der Waals surface area contributed by atoms with E-state index in [0.29, 0.717) is 11.5 Å². The molecule has 1 unspecified atom stereocenters. The van der Waals surface area contributed by atoms with Gasteiger partial charge in [0.1, 0.15) is 0 Å². The third kappa shape index (κ3) is 6.09. The first-order valence-corrected chi connectivity index (χ1v) is 8.12. The summed E-state index contributed by atoms with van der Waals surface area (Å²) >= 11 is 3.58. The SMILES string of the molecule is CCCNC(CCC(C)(C)C)c1ccc(Br)c(C)c1. The Bertz CT molecular complexity index is 393. The second kappa shape index (κ2) is 7.44. The Balaban J connectivity index is 2.79. The summed E-state index contributed by atoms with van der Waals surface area (Å²) in [4.78, 5) is 0. The second-order valence-corrected chi connectivity index (χ2v) is 7.47. The van der Waals surface area contributed by atoms with Gasteiger partial charge in [0.2, 0.25) is 0 Å². The molecule has 0 saturated heterocycles. The topological polar surface area (TPSA) is 12.0 Å². The third-order valence-electron chi connectivity index (χ3n) is 3.41. The summed E-state index contributed by atoms with van der Waals surface area (Å²) in [5.41, 5.74) is 3.13. The molecule has 2 heteroatoms. The Morgan fingerprint density at radius 1 is 1.26 bits per heavy atom. The van der Waals surface area contributed by atoms with Crippen LogP contribution in [0.25, 0.3) is 0 Å². The summed E-state index contributed by atoms with van der Waals surface area (Å²) < 4.78 is 1.20. The highest BCUT2D eigenvalue weighted by atomic mass is 79.9. The molecule has 0 aromatic heterocycles. The van der Waals surface area contributed by atoms with Gasteiger partial charge in [-0.1, -0.05) is 55.8 Å². The van der Waals surface area contributed by atoms with Gasteiger partial charge in [0, 0.05) is 10.5 Å². The normalized spacial score (nSPS) is 13.6. The molecule has 19 heavy (non-hydrogen) atoms. The Hall–Kier alpha value is -0.340. The first-order valence-electron chi connectivity index (χ1n) is 7.33. The maximum atomic E-state index is 3.69. The number of rotatable bonds is 6. The fourth-order valence-corrected chi connectivity index (χ4v) is 2.41. The first-order chi connectivity index (χ1) is 8.83. The lowest BCUT2D eigenvalue weighted by atomic mass is 9.87. The maximum absolute atomic E-state index is 3.69. The highest BCUT2D eigenvalue weighted by Gasteiger charge is 2.16. The number of hydrogen-bond acceptors (Lipinski definition) is 1. The Kier molecular flexibility index (Phi) is 6.55. The first kappa shape index (κ1) is 16.7. The summed E-state index contributed by atoms with van der Waals surface area (Å²) in [6.45, 7) is 12.4. The largest absolute Gasteiger partial charge is 0.310 e. The van der Waals surface area contributed by atoms with E-state index < -0.39 is 0 Å². The zero-order valence-electron chi connectivity index (χ0n) is 13.0. The van der Waals surface area contributed by atoms with E-state index >= 15 is 0 Å². The van der Waals surface area contributed by atoms with Crippen LogP contribution in [0.2, 0.25) is 0 Å². The average Bonchev–Trinajstić information content (AvgIpc) is 2.32. The molecule has 0 aliphatic rings. The van der Waals surface area contributed by atoms with E-state index in [0.717, 1.165) is 6.54 Å². The molecule has 0 fully saturated rings. The molecular weight excluding hydrogens is 298 g/mol. The predicted octanol–water partition coefficient (Wildman–Crippen LogP) is 5.62. The lowest BCUT2D eigenvalue weighted by Crippen LogP contribution is -2.23. The van der Waals surface area contributed by atoms with Gasteiger partial charge in [-0.25, -0.2) is 0 Å². The van der Waals surface area contributed by atoms with Crippen molar-refractivity contribution in [1.29, 1.82) is 0 Å². The van der Waals surface area contributed by atoms with Crippen molar-refractivity contribution in [3.63, 3.8) is 0 Å². The van der Waals surface area contributed by atoms with E-state index in [1.807, 2.05) is 0 Å². The molecule has 1 aromatic carbocycles. The quantitative estimate of drug-likeness (QED) is 0.715. The van der Waals surface area contributed by atoms with Crippen LogP contribution in [-0.2, 0) is 0 Å². The lowest BCUT2D eigenvalue weighted by Gasteiger charge is -2.25. The minimum Gasteiger partial charge on any atom is -0.310 e. The van der Waals surface area contributed by atoms with Crippen LogP contribution in [0.15, 0.2) is 22.7 Å². The van der Waals surface area contributed by atoms with Crippen LogP contribution in [0.3, 0.4) is 0 Å². The van der Waals surface area contributed by atoms with E-state index in [1.165, 1.54) is 34.9 Å². The van der Waals surface area contributed by atoms with Gasteiger partial charge in [0.25, 0.3) is 0 Å². The van der Waals surface area contributed by atoms with Gasteiger partial charge in [0.15, 0.2) is 0 Å². The molecule has 0 aliphatic carbocycles. The van der Waals surface area contributed by atoms with Crippen molar-refractivity contribution in [3.05, 3.63) is 33.8 Å². The average molecular weight is 326 g/mol. The summed E-state index contributed by atoms with van der Waals surface area (Å²) in [5.74, 6) is 0. The zero-order valence-corrected chi connectivity index (χ0v) is 14.6. The molecule has 0 bridgehead atoms.